The van der Waals surface area contributed by atoms with Gasteiger partial charge in [-0.1, -0.05) is 29.8 Å². The lowest BCUT2D eigenvalue weighted by atomic mass is 9.87. The van der Waals surface area contributed by atoms with Crippen LogP contribution in [0.1, 0.15) is 42.9 Å². The van der Waals surface area contributed by atoms with Crippen molar-refractivity contribution < 1.29 is 9.47 Å². The molecule has 0 aromatic heterocycles. The van der Waals surface area contributed by atoms with E-state index < -0.39 is 0 Å². The minimum absolute atomic E-state index is 0.179. The summed E-state index contributed by atoms with van der Waals surface area (Å²) in [7, 11) is 1.90. The highest BCUT2D eigenvalue weighted by Gasteiger charge is 2.42. The van der Waals surface area contributed by atoms with Crippen molar-refractivity contribution in [2.75, 3.05) is 46.5 Å². The van der Waals surface area contributed by atoms with Crippen molar-refractivity contribution >= 4 is 5.96 Å². The molecule has 3 unspecified atom stereocenters. The number of ether oxygens (including phenoxy) is 2. The van der Waals surface area contributed by atoms with Crippen molar-refractivity contribution in [1.82, 2.24) is 10.2 Å². The zero-order valence-electron chi connectivity index (χ0n) is 16.7. The number of benzene rings is 1. The first-order chi connectivity index (χ1) is 13.2. The molecular weight excluding hydrogens is 338 g/mol. The summed E-state index contributed by atoms with van der Waals surface area (Å²) in [6.45, 7) is 7.86. The van der Waals surface area contributed by atoms with Gasteiger partial charge in [-0.25, -0.2) is 0 Å². The molecule has 4 rings (SSSR count). The van der Waals surface area contributed by atoms with Gasteiger partial charge in [-0.2, -0.15) is 0 Å². The third-order valence-corrected chi connectivity index (χ3v) is 6.51. The van der Waals surface area contributed by atoms with Gasteiger partial charge in [-0.15, -0.1) is 0 Å². The zero-order valence-corrected chi connectivity index (χ0v) is 16.7. The second-order valence-corrected chi connectivity index (χ2v) is 8.51. The Bertz CT molecular complexity index is 652. The Morgan fingerprint density at radius 2 is 2.11 bits per heavy atom. The normalized spacial score (nSPS) is 31.6. The number of aryl methyl sites for hydroxylation is 1. The number of hydrogen-bond acceptors (Lipinski definition) is 3. The van der Waals surface area contributed by atoms with E-state index in [2.05, 4.69) is 46.4 Å². The van der Waals surface area contributed by atoms with Crippen molar-refractivity contribution in [3.05, 3.63) is 35.4 Å². The highest BCUT2D eigenvalue weighted by molar-refractivity contribution is 5.80. The van der Waals surface area contributed by atoms with Crippen LogP contribution >= 0.6 is 0 Å². The molecule has 1 aromatic rings. The Balaban J connectivity index is 1.37. The molecule has 148 valence electrons. The van der Waals surface area contributed by atoms with Gasteiger partial charge in [0, 0.05) is 51.2 Å². The number of nitrogens with one attached hydrogen (secondary N) is 1. The van der Waals surface area contributed by atoms with Crippen LogP contribution < -0.4 is 5.32 Å². The first-order valence-electron chi connectivity index (χ1n) is 10.4. The van der Waals surface area contributed by atoms with Gasteiger partial charge in [0.15, 0.2) is 5.96 Å². The molecule has 1 aromatic carbocycles. The van der Waals surface area contributed by atoms with Crippen LogP contribution in [0, 0.1) is 18.3 Å². The zero-order chi connectivity index (χ0) is 18.7. The van der Waals surface area contributed by atoms with Crippen LogP contribution in [0.4, 0.5) is 0 Å². The van der Waals surface area contributed by atoms with Crippen LogP contribution in [0.3, 0.4) is 0 Å². The quantitative estimate of drug-likeness (QED) is 0.655. The van der Waals surface area contributed by atoms with Gasteiger partial charge in [0.1, 0.15) is 0 Å². The largest absolute Gasteiger partial charge is 0.381 e. The maximum atomic E-state index is 6.17. The fraction of sp³-hybridized carbons (Fsp3) is 0.682. The lowest BCUT2D eigenvalue weighted by Gasteiger charge is -2.33. The van der Waals surface area contributed by atoms with Crippen LogP contribution in [0.25, 0.3) is 0 Å². The molecule has 0 saturated carbocycles. The second kappa shape index (κ2) is 8.19. The minimum atomic E-state index is 0.179. The summed E-state index contributed by atoms with van der Waals surface area (Å²) in [6.07, 6.45) is 4.91. The molecule has 3 fully saturated rings. The van der Waals surface area contributed by atoms with Crippen molar-refractivity contribution in [1.29, 1.82) is 0 Å². The number of rotatable bonds is 3. The van der Waals surface area contributed by atoms with Crippen LogP contribution in [0.15, 0.2) is 29.3 Å². The predicted octanol–water partition coefficient (Wildman–Crippen LogP) is 3.15. The van der Waals surface area contributed by atoms with E-state index in [4.69, 9.17) is 9.47 Å². The van der Waals surface area contributed by atoms with Crippen LogP contribution in [0.5, 0.6) is 0 Å². The van der Waals surface area contributed by atoms with E-state index in [9.17, 15) is 0 Å². The van der Waals surface area contributed by atoms with Gasteiger partial charge < -0.3 is 19.7 Å². The Morgan fingerprint density at radius 3 is 2.85 bits per heavy atom. The lowest BCUT2D eigenvalue weighted by Crippen LogP contribution is -2.44. The number of likely N-dealkylation sites (tertiary alicyclic amines) is 1. The molecule has 1 N–H and O–H groups in total. The molecule has 0 amide bonds. The Morgan fingerprint density at radius 1 is 1.26 bits per heavy atom. The molecule has 3 atom stereocenters. The van der Waals surface area contributed by atoms with E-state index in [0.717, 1.165) is 51.8 Å². The lowest BCUT2D eigenvalue weighted by molar-refractivity contribution is -0.0266. The predicted molar refractivity (Wildman–Crippen MR) is 108 cm³/mol. The highest BCUT2D eigenvalue weighted by Crippen LogP contribution is 2.38. The average Bonchev–Trinajstić information content (AvgIpc) is 3.33. The monoisotopic (exact) mass is 371 g/mol. The van der Waals surface area contributed by atoms with Crippen molar-refractivity contribution in [3.63, 3.8) is 0 Å². The summed E-state index contributed by atoms with van der Waals surface area (Å²) in [5, 5.41) is 3.65. The Hall–Kier alpha value is -1.59. The van der Waals surface area contributed by atoms with E-state index in [1.165, 1.54) is 30.4 Å². The first kappa shape index (κ1) is 18.8. The van der Waals surface area contributed by atoms with E-state index in [-0.39, 0.29) is 6.10 Å². The summed E-state index contributed by atoms with van der Waals surface area (Å²) in [5.41, 5.74) is 2.95. The van der Waals surface area contributed by atoms with Crippen LogP contribution in [0.2, 0.25) is 0 Å². The number of guanidine groups is 1. The molecule has 3 aliphatic rings. The molecule has 3 saturated heterocycles. The summed E-state index contributed by atoms with van der Waals surface area (Å²) in [4.78, 5) is 6.98. The third kappa shape index (κ3) is 4.14. The van der Waals surface area contributed by atoms with Crippen molar-refractivity contribution in [2.45, 2.75) is 38.7 Å². The van der Waals surface area contributed by atoms with Crippen molar-refractivity contribution in [2.24, 2.45) is 16.3 Å². The molecule has 3 heterocycles. The Labute approximate surface area is 163 Å². The standard InChI is InChI=1S/C22H33N3O2/c1-17-5-7-18(8-6-17)20-19(4-3-12-27-20)14-24-21(23-2)25-11-9-22(15-25)10-13-26-16-22/h5-8,19-20H,3-4,9-16H2,1-2H3,(H,23,24). The smallest absolute Gasteiger partial charge is 0.193 e. The summed E-state index contributed by atoms with van der Waals surface area (Å²) in [5.74, 6) is 1.51. The highest BCUT2D eigenvalue weighted by atomic mass is 16.5. The third-order valence-electron chi connectivity index (χ3n) is 6.51. The molecule has 1 spiro atoms. The topological polar surface area (TPSA) is 46.1 Å². The van der Waals surface area contributed by atoms with Gasteiger partial charge in [-0.3, -0.25) is 4.99 Å². The molecule has 3 aliphatic heterocycles. The fourth-order valence-corrected chi connectivity index (χ4v) is 4.82. The SMILES string of the molecule is CN=C(NCC1CCCOC1c1ccc(C)cc1)N1CCC2(CCOC2)C1. The maximum Gasteiger partial charge on any atom is 0.193 e. The van der Waals surface area contributed by atoms with Crippen LogP contribution in [-0.4, -0.2) is 57.4 Å². The molecule has 0 aliphatic carbocycles. The second-order valence-electron chi connectivity index (χ2n) is 8.51. The van der Waals surface area contributed by atoms with Crippen LogP contribution in [-0.2, 0) is 9.47 Å². The first-order valence-corrected chi connectivity index (χ1v) is 10.4. The van der Waals surface area contributed by atoms with E-state index >= 15 is 0 Å². The number of nitrogens with zero attached hydrogens (tertiary/aromatic N) is 2. The van der Waals surface area contributed by atoms with Crippen molar-refractivity contribution in [3.8, 4) is 0 Å². The summed E-state index contributed by atoms with van der Waals surface area (Å²) in [6, 6.07) is 8.81. The molecule has 0 radical (unpaired) electrons. The van der Waals surface area contributed by atoms with E-state index in [0.29, 0.717) is 11.3 Å². The average molecular weight is 372 g/mol. The molecule has 5 heteroatoms. The van der Waals surface area contributed by atoms with Gasteiger partial charge >= 0.3 is 0 Å². The maximum absolute atomic E-state index is 6.17. The molecular formula is C22H33N3O2. The number of hydrogen-bond donors (Lipinski definition) is 1. The summed E-state index contributed by atoms with van der Waals surface area (Å²) < 4.78 is 11.8. The summed E-state index contributed by atoms with van der Waals surface area (Å²) >= 11 is 0. The minimum Gasteiger partial charge on any atom is -0.381 e. The molecule has 5 nitrogen and oxygen atoms in total. The molecule has 27 heavy (non-hydrogen) atoms. The van der Waals surface area contributed by atoms with Gasteiger partial charge in [0.25, 0.3) is 0 Å². The van der Waals surface area contributed by atoms with E-state index in [1.54, 1.807) is 0 Å². The van der Waals surface area contributed by atoms with Gasteiger partial charge in [0.2, 0.25) is 0 Å². The Kier molecular flexibility index (Phi) is 5.69. The number of aliphatic imine (C=N–C) groups is 1. The van der Waals surface area contributed by atoms with E-state index in [1.807, 2.05) is 7.05 Å². The molecule has 0 bridgehead atoms. The van der Waals surface area contributed by atoms with Gasteiger partial charge in [0.05, 0.1) is 12.7 Å². The van der Waals surface area contributed by atoms with Gasteiger partial charge in [-0.05, 0) is 38.2 Å². The fourth-order valence-electron chi connectivity index (χ4n) is 4.82.